The van der Waals surface area contributed by atoms with Crippen molar-refractivity contribution in [2.45, 2.75) is 56.6 Å². The monoisotopic (exact) mass is 200 g/mol. The van der Waals surface area contributed by atoms with Crippen molar-refractivity contribution >= 4 is 0 Å². The van der Waals surface area contributed by atoms with Crippen molar-refractivity contribution in [1.29, 1.82) is 0 Å². The first-order valence-electron chi connectivity index (χ1n) is 5.13. The van der Waals surface area contributed by atoms with E-state index in [2.05, 4.69) is 0 Å². The van der Waals surface area contributed by atoms with E-state index < -0.39 is 5.79 Å². The van der Waals surface area contributed by atoms with Crippen LogP contribution in [0.15, 0.2) is 0 Å². The Morgan fingerprint density at radius 1 is 1.14 bits per heavy atom. The molecule has 1 spiro atoms. The third-order valence-electron chi connectivity index (χ3n) is 3.24. The molecule has 2 aliphatic heterocycles. The molecule has 0 aromatic heterocycles. The van der Waals surface area contributed by atoms with Crippen LogP contribution in [-0.2, 0) is 18.9 Å². The molecule has 4 heteroatoms. The molecule has 3 fully saturated rings. The van der Waals surface area contributed by atoms with Gasteiger partial charge in [-0.1, -0.05) is 0 Å². The molecule has 3 rings (SSSR count). The molecule has 14 heavy (non-hydrogen) atoms. The lowest BCUT2D eigenvalue weighted by molar-refractivity contribution is -0.232. The smallest absolute Gasteiger partial charge is 0.186 e. The van der Waals surface area contributed by atoms with Gasteiger partial charge in [-0.05, 0) is 26.7 Å². The van der Waals surface area contributed by atoms with Crippen molar-refractivity contribution in [3.05, 3.63) is 0 Å². The molecule has 0 N–H and O–H groups in total. The molecule has 0 aromatic rings. The number of fused-ring (bicyclic) bond motifs is 2. The minimum absolute atomic E-state index is 0.0578. The predicted octanol–water partition coefficient (Wildman–Crippen LogP) is 1.04. The zero-order chi connectivity index (χ0) is 9.97. The van der Waals surface area contributed by atoms with E-state index in [0.717, 1.165) is 12.8 Å². The Kier molecular flexibility index (Phi) is 1.62. The molecular weight excluding hydrogens is 184 g/mol. The van der Waals surface area contributed by atoms with Gasteiger partial charge in [0.15, 0.2) is 12.1 Å². The van der Waals surface area contributed by atoms with E-state index in [1.807, 2.05) is 13.8 Å². The SMILES string of the molecule is CO[C@@H]1OC2(CC2)C2OC(C)(C)OC21. The minimum Gasteiger partial charge on any atom is -0.353 e. The number of ether oxygens (including phenoxy) is 4. The van der Waals surface area contributed by atoms with E-state index in [9.17, 15) is 0 Å². The maximum atomic E-state index is 5.86. The Morgan fingerprint density at radius 3 is 2.43 bits per heavy atom. The zero-order valence-corrected chi connectivity index (χ0v) is 8.78. The first kappa shape index (κ1) is 9.09. The summed E-state index contributed by atoms with van der Waals surface area (Å²) in [4.78, 5) is 0. The first-order valence-corrected chi connectivity index (χ1v) is 5.13. The van der Waals surface area contributed by atoms with E-state index in [-0.39, 0.29) is 24.1 Å². The molecule has 80 valence electrons. The molecule has 4 nitrogen and oxygen atoms in total. The minimum atomic E-state index is -0.495. The molecule has 1 saturated carbocycles. The third-order valence-corrected chi connectivity index (χ3v) is 3.24. The summed E-state index contributed by atoms with van der Waals surface area (Å²) in [7, 11) is 1.65. The highest BCUT2D eigenvalue weighted by Gasteiger charge is 2.68. The number of hydrogen-bond acceptors (Lipinski definition) is 4. The van der Waals surface area contributed by atoms with Crippen LogP contribution in [0.2, 0.25) is 0 Å². The van der Waals surface area contributed by atoms with Crippen molar-refractivity contribution in [2.24, 2.45) is 0 Å². The summed E-state index contributed by atoms with van der Waals surface area (Å²) in [5, 5.41) is 0. The van der Waals surface area contributed by atoms with Crippen LogP contribution < -0.4 is 0 Å². The van der Waals surface area contributed by atoms with E-state index in [0.29, 0.717) is 0 Å². The molecule has 0 bridgehead atoms. The third kappa shape index (κ3) is 1.08. The molecule has 0 amide bonds. The Morgan fingerprint density at radius 2 is 1.86 bits per heavy atom. The van der Waals surface area contributed by atoms with Crippen LogP contribution in [0.1, 0.15) is 26.7 Å². The lowest BCUT2D eigenvalue weighted by Gasteiger charge is -2.23. The lowest BCUT2D eigenvalue weighted by atomic mass is 10.1. The molecule has 0 aromatic carbocycles. The Hall–Kier alpha value is -0.160. The number of rotatable bonds is 1. The quantitative estimate of drug-likeness (QED) is 0.633. The Bertz CT molecular complexity index is 259. The van der Waals surface area contributed by atoms with Crippen LogP contribution in [0.5, 0.6) is 0 Å². The number of hydrogen-bond donors (Lipinski definition) is 0. The van der Waals surface area contributed by atoms with Crippen LogP contribution in [0.25, 0.3) is 0 Å². The summed E-state index contributed by atoms with van der Waals surface area (Å²) in [6, 6.07) is 0. The largest absolute Gasteiger partial charge is 0.353 e. The van der Waals surface area contributed by atoms with Crippen LogP contribution in [0.4, 0.5) is 0 Å². The highest BCUT2D eigenvalue weighted by Crippen LogP contribution is 2.55. The molecule has 2 saturated heterocycles. The second kappa shape index (κ2) is 2.50. The lowest BCUT2D eigenvalue weighted by Crippen LogP contribution is -2.31. The van der Waals surface area contributed by atoms with Gasteiger partial charge in [-0.15, -0.1) is 0 Å². The second-order valence-corrected chi connectivity index (χ2v) is 4.81. The fourth-order valence-corrected chi connectivity index (χ4v) is 2.47. The standard InChI is InChI=1S/C10H16O4/c1-9(2)12-6-7(13-9)10(4-5-10)14-8(6)11-3/h6-8H,4-5H2,1-3H3/t6?,7?,8-/m1/s1. The summed E-state index contributed by atoms with van der Waals surface area (Å²) in [6.07, 6.45) is 1.87. The molecule has 1 aliphatic carbocycles. The molecule has 0 radical (unpaired) electrons. The van der Waals surface area contributed by atoms with E-state index in [1.54, 1.807) is 7.11 Å². The van der Waals surface area contributed by atoms with E-state index in [4.69, 9.17) is 18.9 Å². The molecular formula is C10H16O4. The van der Waals surface area contributed by atoms with E-state index >= 15 is 0 Å². The number of methoxy groups -OCH3 is 1. The second-order valence-electron chi connectivity index (χ2n) is 4.81. The highest BCUT2D eigenvalue weighted by atomic mass is 16.8. The van der Waals surface area contributed by atoms with Crippen molar-refractivity contribution in [1.82, 2.24) is 0 Å². The van der Waals surface area contributed by atoms with Gasteiger partial charge in [-0.3, -0.25) is 0 Å². The maximum Gasteiger partial charge on any atom is 0.186 e. The van der Waals surface area contributed by atoms with Crippen molar-refractivity contribution in [2.75, 3.05) is 7.11 Å². The molecule has 2 heterocycles. The van der Waals surface area contributed by atoms with Crippen molar-refractivity contribution in [3.63, 3.8) is 0 Å². The fourth-order valence-electron chi connectivity index (χ4n) is 2.47. The van der Waals surface area contributed by atoms with Crippen LogP contribution in [0, 0.1) is 0 Å². The van der Waals surface area contributed by atoms with Crippen LogP contribution in [-0.4, -0.2) is 37.0 Å². The average molecular weight is 200 g/mol. The van der Waals surface area contributed by atoms with Gasteiger partial charge >= 0.3 is 0 Å². The fraction of sp³-hybridized carbons (Fsp3) is 1.00. The van der Waals surface area contributed by atoms with Gasteiger partial charge in [0, 0.05) is 7.11 Å². The predicted molar refractivity (Wildman–Crippen MR) is 47.7 cm³/mol. The molecule has 3 atom stereocenters. The van der Waals surface area contributed by atoms with Gasteiger partial charge in [0.2, 0.25) is 0 Å². The summed E-state index contributed by atoms with van der Waals surface area (Å²) in [5.41, 5.74) is -0.0981. The van der Waals surface area contributed by atoms with Crippen molar-refractivity contribution in [3.8, 4) is 0 Å². The average Bonchev–Trinajstić information content (AvgIpc) is 2.74. The van der Waals surface area contributed by atoms with Gasteiger partial charge in [-0.2, -0.15) is 0 Å². The zero-order valence-electron chi connectivity index (χ0n) is 8.78. The first-order chi connectivity index (χ1) is 6.56. The summed E-state index contributed by atoms with van der Waals surface area (Å²) >= 11 is 0. The summed E-state index contributed by atoms with van der Waals surface area (Å²) < 4.78 is 22.7. The Balaban J connectivity index is 1.87. The Labute approximate surface area is 83.5 Å². The topological polar surface area (TPSA) is 36.9 Å². The molecule has 2 unspecified atom stereocenters. The normalized spacial score (nSPS) is 46.9. The van der Waals surface area contributed by atoms with Gasteiger partial charge in [0.1, 0.15) is 17.8 Å². The van der Waals surface area contributed by atoms with Gasteiger partial charge < -0.3 is 18.9 Å². The van der Waals surface area contributed by atoms with Gasteiger partial charge in [0.05, 0.1) is 0 Å². The maximum absolute atomic E-state index is 5.86. The van der Waals surface area contributed by atoms with Gasteiger partial charge in [-0.25, -0.2) is 0 Å². The summed E-state index contributed by atoms with van der Waals surface area (Å²) in [6.45, 7) is 3.88. The van der Waals surface area contributed by atoms with Crippen molar-refractivity contribution < 1.29 is 18.9 Å². The van der Waals surface area contributed by atoms with Crippen LogP contribution in [0.3, 0.4) is 0 Å². The molecule has 3 aliphatic rings. The highest BCUT2D eigenvalue weighted by molar-refractivity contribution is 5.13. The van der Waals surface area contributed by atoms with Gasteiger partial charge in [0.25, 0.3) is 0 Å². The van der Waals surface area contributed by atoms with E-state index in [1.165, 1.54) is 0 Å². The summed E-state index contributed by atoms with van der Waals surface area (Å²) in [5.74, 6) is -0.495. The van der Waals surface area contributed by atoms with Crippen LogP contribution >= 0.6 is 0 Å².